The van der Waals surface area contributed by atoms with E-state index in [1.807, 2.05) is 12.3 Å². The number of rotatable bonds is 5. The number of carbonyl (C=O) groups is 1. The van der Waals surface area contributed by atoms with Crippen molar-refractivity contribution in [2.24, 2.45) is 0 Å². The molecule has 0 aliphatic rings. The third-order valence-corrected chi connectivity index (χ3v) is 2.33. The van der Waals surface area contributed by atoms with E-state index in [0.29, 0.717) is 24.6 Å². The van der Waals surface area contributed by atoms with Crippen LogP contribution in [0.5, 0.6) is 0 Å². The summed E-state index contributed by atoms with van der Waals surface area (Å²) in [5.74, 6) is 0.389. The Morgan fingerprint density at radius 3 is 2.89 bits per heavy atom. The molecule has 2 aromatic rings. The number of anilines is 1. The van der Waals surface area contributed by atoms with Gasteiger partial charge in [0.25, 0.3) is 5.91 Å². The van der Waals surface area contributed by atoms with Crippen LogP contribution in [0.25, 0.3) is 0 Å². The van der Waals surface area contributed by atoms with E-state index in [4.69, 9.17) is 0 Å². The van der Waals surface area contributed by atoms with Crippen LogP contribution in [0.3, 0.4) is 0 Å². The largest absolute Gasteiger partial charge is 0.372 e. The molecule has 2 N–H and O–H groups in total. The first-order valence-corrected chi connectivity index (χ1v) is 5.55. The Kier molecular flexibility index (Phi) is 3.85. The molecule has 0 aliphatic carbocycles. The van der Waals surface area contributed by atoms with Crippen LogP contribution in [-0.2, 0) is 6.54 Å². The highest BCUT2D eigenvalue weighted by Gasteiger charge is 2.06. The van der Waals surface area contributed by atoms with Crippen molar-refractivity contribution in [2.45, 2.75) is 6.54 Å². The molecule has 0 radical (unpaired) electrons. The highest BCUT2D eigenvalue weighted by Crippen LogP contribution is 1.99. The number of nitrogens with one attached hydrogen (secondary N) is 2. The summed E-state index contributed by atoms with van der Waals surface area (Å²) in [5.41, 5.74) is 0.300. The van der Waals surface area contributed by atoms with Gasteiger partial charge in [-0.15, -0.1) is 0 Å². The number of carbonyl (C=O) groups excluding carboxylic acids is 1. The summed E-state index contributed by atoms with van der Waals surface area (Å²) in [6.07, 6.45) is 6.49. The van der Waals surface area contributed by atoms with Gasteiger partial charge in [-0.3, -0.25) is 9.48 Å². The lowest BCUT2D eigenvalue weighted by molar-refractivity contribution is 0.0946. The fourth-order valence-corrected chi connectivity index (χ4v) is 1.38. The Morgan fingerprint density at radius 2 is 2.28 bits per heavy atom. The molecule has 7 nitrogen and oxygen atoms in total. The first-order valence-electron chi connectivity index (χ1n) is 5.55. The molecule has 0 unspecified atom stereocenters. The lowest BCUT2D eigenvalue weighted by Gasteiger charge is -2.05. The normalized spacial score (nSPS) is 10.1. The first kappa shape index (κ1) is 12.0. The fourth-order valence-electron chi connectivity index (χ4n) is 1.38. The summed E-state index contributed by atoms with van der Waals surface area (Å²) >= 11 is 0. The van der Waals surface area contributed by atoms with Crippen LogP contribution in [0.4, 0.5) is 5.82 Å². The lowest BCUT2D eigenvalue weighted by atomic mass is 10.4. The van der Waals surface area contributed by atoms with Crippen molar-refractivity contribution in [1.29, 1.82) is 0 Å². The van der Waals surface area contributed by atoms with Crippen LogP contribution in [-0.4, -0.2) is 39.2 Å². The SMILES string of the molecule is CNc1cnc(C(=O)NCCn2cccn2)cn1. The third-order valence-electron chi connectivity index (χ3n) is 2.33. The van der Waals surface area contributed by atoms with Crippen LogP contribution in [0, 0.1) is 0 Å². The standard InChI is InChI=1S/C11H14N6O/c1-12-10-8-14-9(7-15-10)11(18)13-4-6-17-5-2-3-16-17/h2-3,5,7-8H,4,6H2,1H3,(H,12,15)(H,13,18). The van der Waals surface area contributed by atoms with E-state index in [1.54, 1.807) is 17.9 Å². The Labute approximate surface area is 104 Å². The van der Waals surface area contributed by atoms with Crippen LogP contribution >= 0.6 is 0 Å². The summed E-state index contributed by atoms with van der Waals surface area (Å²) < 4.78 is 1.75. The van der Waals surface area contributed by atoms with Gasteiger partial charge in [0.15, 0.2) is 0 Å². The third kappa shape index (κ3) is 3.03. The molecule has 0 bridgehead atoms. The van der Waals surface area contributed by atoms with Crippen LogP contribution in [0.2, 0.25) is 0 Å². The van der Waals surface area contributed by atoms with Gasteiger partial charge in [0, 0.05) is 26.0 Å². The van der Waals surface area contributed by atoms with Gasteiger partial charge < -0.3 is 10.6 Å². The van der Waals surface area contributed by atoms with Crippen LogP contribution in [0.15, 0.2) is 30.9 Å². The molecule has 0 aliphatic heterocycles. The van der Waals surface area contributed by atoms with Crippen molar-refractivity contribution in [3.8, 4) is 0 Å². The average molecular weight is 246 g/mol. The van der Waals surface area contributed by atoms with E-state index in [2.05, 4.69) is 25.7 Å². The Bertz CT molecular complexity index is 493. The molecule has 7 heteroatoms. The molecule has 2 rings (SSSR count). The summed E-state index contributed by atoms with van der Waals surface area (Å²) in [6, 6.07) is 1.84. The fraction of sp³-hybridized carbons (Fsp3) is 0.273. The molecule has 0 atom stereocenters. The molecule has 1 amide bonds. The zero-order valence-corrected chi connectivity index (χ0v) is 10.00. The van der Waals surface area contributed by atoms with Gasteiger partial charge in [0.1, 0.15) is 11.5 Å². The molecular weight excluding hydrogens is 232 g/mol. The number of aromatic nitrogens is 4. The number of hydrogen-bond acceptors (Lipinski definition) is 5. The topological polar surface area (TPSA) is 84.7 Å². The summed E-state index contributed by atoms with van der Waals surface area (Å²) in [7, 11) is 1.74. The minimum absolute atomic E-state index is 0.239. The van der Waals surface area contributed by atoms with Crippen molar-refractivity contribution >= 4 is 11.7 Å². The monoisotopic (exact) mass is 246 g/mol. The molecule has 18 heavy (non-hydrogen) atoms. The molecule has 0 spiro atoms. The van der Waals surface area contributed by atoms with Gasteiger partial charge in [-0.1, -0.05) is 0 Å². The van der Waals surface area contributed by atoms with Gasteiger partial charge in [-0.25, -0.2) is 9.97 Å². The van der Waals surface area contributed by atoms with E-state index in [-0.39, 0.29) is 5.91 Å². The molecule has 2 aromatic heterocycles. The Morgan fingerprint density at radius 1 is 1.39 bits per heavy atom. The van der Waals surface area contributed by atoms with Crippen molar-refractivity contribution in [2.75, 3.05) is 18.9 Å². The maximum absolute atomic E-state index is 11.7. The smallest absolute Gasteiger partial charge is 0.271 e. The minimum atomic E-state index is -0.239. The van der Waals surface area contributed by atoms with E-state index in [9.17, 15) is 4.79 Å². The van der Waals surface area contributed by atoms with Crippen molar-refractivity contribution in [1.82, 2.24) is 25.1 Å². The zero-order chi connectivity index (χ0) is 12.8. The number of amides is 1. The Hall–Kier alpha value is -2.44. The van der Waals surface area contributed by atoms with Crippen LogP contribution in [0.1, 0.15) is 10.5 Å². The second kappa shape index (κ2) is 5.76. The first-order chi connectivity index (χ1) is 8.79. The van der Waals surface area contributed by atoms with Crippen molar-refractivity contribution in [3.63, 3.8) is 0 Å². The molecule has 94 valence electrons. The predicted octanol–water partition coefficient (Wildman–Crippen LogP) is 0.145. The van der Waals surface area contributed by atoms with E-state index in [1.165, 1.54) is 12.4 Å². The molecule has 0 fully saturated rings. The number of hydrogen-bond donors (Lipinski definition) is 2. The van der Waals surface area contributed by atoms with Crippen LogP contribution < -0.4 is 10.6 Å². The maximum Gasteiger partial charge on any atom is 0.271 e. The molecule has 2 heterocycles. The van der Waals surface area contributed by atoms with Crippen molar-refractivity contribution < 1.29 is 4.79 Å². The van der Waals surface area contributed by atoms with E-state index < -0.39 is 0 Å². The molecule has 0 saturated heterocycles. The highest BCUT2D eigenvalue weighted by atomic mass is 16.1. The van der Waals surface area contributed by atoms with Gasteiger partial charge >= 0.3 is 0 Å². The van der Waals surface area contributed by atoms with E-state index >= 15 is 0 Å². The molecule has 0 saturated carbocycles. The summed E-state index contributed by atoms with van der Waals surface area (Å²) in [6.45, 7) is 1.12. The second-order valence-electron chi connectivity index (χ2n) is 3.56. The Balaban J connectivity index is 1.83. The van der Waals surface area contributed by atoms with Gasteiger partial charge in [0.05, 0.1) is 18.9 Å². The van der Waals surface area contributed by atoms with Gasteiger partial charge in [-0.05, 0) is 6.07 Å². The summed E-state index contributed by atoms with van der Waals surface area (Å²) in [5, 5.41) is 9.63. The summed E-state index contributed by atoms with van der Waals surface area (Å²) in [4.78, 5) is 19.7. The highest BCUT2D eigenvalue weighted by molar-refractivity contribution is 5.91. The minimum Gasteiger partial charge on any atom is -0.372 e. The predicted molar refractivity (Wildman–Crippen MR) is 66.1 cm³/mol. The number of nitrogens with zero attached hydrogens (tertiary/aromatic N) is 4. The maximum atomic E-state index is 11.7. The lowest BCUT2D eigenvalue weighted by Crippen LogP contribution is -2.28. The quantitative estimate of drug-likeness (QED) is 0.784. The molecular formula is C11H14N6O. The molecule has 0 aromatic carbocycles. The van der Waals surface area contributed by atoms with Crippen molar-refractivity contribution in [3.05, 3.63) is 36.5 Å². The van der Waals surface area contributed by atoms with E-state index in [0.717, 1.165) is 0 Å². The second-order valence-corrected chi connectivity index (χ2v) is 3.56. The van der Waals surface area contributed by atoms with Gasteiger partial charge in [0.2, 0.25) is 0 Å². The average Bonchev–Trinajstić information content (AvgIpc) is 2.92. The van der Waals surface area contributed by atoms with Gasteiger partial charge in [-0.2, -0.15) is 5.10 Å². The zero-order valence-electron chi connectivity index (χ0n) is 10.00.